The molecule has 0 saturated heterocycles. The van der Waals surface area contributed by atoms with Crippen LogP contribution in [-0.4, -0.2) is 4.57 Å². The lowest BCUT2D eigenvalue weighted by Crippen LogP contribution is -2.38. The molecule has 2 nitrogen and oxygen atoms in total. The van der Waals surface area contributed by atoms with Gasteiger partial charge in [-0.15, -0.1) is 0 Å². The molecule has 0 amide bonds. The highest BCUT2D eigenvalue weighted by atomic mass is 15.1. The van der Waals surface area contributed by atoms with E-state index in [1.54, 1.807) is 5.56 Å². The molecule has 5 fully saturated rings. The Kier molecular flexibility index (Phi) is 7.03. The number of para-hydroxylation sites is 2. The summed E-state index contributed by atoms with van der Waals surface area (Å²) in [4.78, 5) is 2.53. The van der Waals surface area contributed by atoms with Crippen molar-refractivity contribution in [1.82, 2.24) is 4.57 Å². The molecular formula is C62H46N2. The van der Waals surface area contributed by atoms with E-state index in [-0.39, 0.29) is 0 Å². The van der Waals surface area contributed by atoms with E-state index in [2.05, 4.69) is 210 Å². The third-order valence-electron chi connectivity index (χ3n) is 17.1. The van der Waals surface area contributed by atoms with E-state index in [1.165, 1.54) is 131 Å². The molecule has 0 N–H and O–H groups in total. The molecule has 5 atom stereocenters. The van der Waals surface area contributed by atoms with Gasteiger partial charge >= 0.3 is 0 Å². The Morgan fingerprint density at radius 2 is 1.09 bits per heavy atom. The van der Waals surface area contributed by atoms with E-state index in [0.29, 0.717) is 10.8 Å². The maximum atomic E-state index is 2.58. The zero-order chi connectivity index (χ0) is 41.7. The maximum Gasteiger partial charge on any atom is 0.0619 e. The topological polar surface area (TPSA) is 8.17 Å². The van der Waals surface area contributed by atoms with Gasteiger partial charge < -0.3 is 9.47 Å². The molecule has 0 radical (unpaired) electrons. The Labute approximate surface area is 373 Å². The van der Waals surface area contributed by atoms with Gasteiger partial charge in [0.05, 0.1) is 16.7 Å². The summed E-state index contributed by atoms with van der Waals surface area (Å²) in [5.41, 5.74) is 12.2. The summed E-state index contributed by atoms with van der Waals surface area (Å²) in [7, 11) is 0. The van der Waals surface area contributed by atoms with Gasteiger partial charge in [0.2, 0.25) is 0 Å². The Morgan fingerprint density at radius 3 is 1.88 bits per heavy atom. The molecule has 2 heteroatoms. The Morgan fingerprint density at radius 1 is 0.453 bits per heavy atom. The highest BCUT2D eigenvalue weighted by molar-refractivity contribution is 6.26. The molecule has 5 aliphatic rings. The number of aromatic nitrogens is 1. The fourth-order valence-electron chi connectivity index (χ4n) is 14.6. The van der Waals surface area contributed by atoms with Crippen LogP contribution < -0.4 is 4.90 Å². The zero-order valence-corrected chi connectivity index (χ0v) is 35.7. The van der Waals surface area contributed by atoms with Crippen molar-refractivity contribution < 1.29 is 0 Å². The van der Waals surface area contributed by atoms with E-state index in [1.807, 2.05) is 0 Å². The minimum atomic E-state index is 0.326. The maximum absolute atomic E-state index is 2.58. The number of benzene rings is 10. The summed E-state index contributed by atoms with van der Waals surface area (Å²) in [5, 5.41) is 12.9. The van der Waals surface area contributed by atoms with Gasteiger partial charge in [-0.25, -0.2) is 0 Å². The molecule has 5 aliphatic carbocycles. The second-order valence-electron chi connectivity index (χ2n) is 19.9. The molecule has 304 valence electrons. The molecule has 1 heterocycles. The van der Waals surface area contributed by atoms with Crippen LogP contribution in [0.4, 0.5) is 17.1 Å². The van der Waals surface area contributed by atoms with Crippen LogP contribution in [-0.2, 0) is 5.41 Å². The lowest BCUT2D eigenvalue weighted by atomic mass is 9.59. The average Bonchev–Trinajstić information content (AvgIpc) is 4.10. The predicted molar refractivity (Wildman–Crippen MR) is 269 cm³/mol. The normalized spacial score (nSPS) is 23.0. The molecule has 10 aromatic carbocycles. The molecule has 11 aromatic rings. The van der Waals surface area contributed by atoms with Crippen molar-refractivity contribution in [2.45, 2.75) is 37.5 Å². The van der Waals surface area contributed by atoms with Crippen LogP contribution in [0, 0.1) is 23.2 Å². The van der Waals surface area contributed by atoms with Crippen molar-refractivity contribution in [2.75, 3.05) is 4.90 Å². The number of fused-ring (bicyclic) bond motifs is 12. The molecule has 1 aromatic heterocycles. The fraction of sp³-hybridized carbons (Fsp3) is 0.161. The quantitative estimate of drug-likeness (QED) is 0.152. The van der Waals surface area contributed by atoms with Crippen LogP contribution in [0.5, 0.6) is 0 Å². The third kappa shape index (κ3) is 4.65. The molecule has 1 spiro atoms. The van der Waals surface area contributed by atoms with Crippen LogP contribution in [0.25, 0.3) is 81.7 Å². The second-order valence-corrected chi connectivity index (χ2v) is 19.9. The van der Waals surface area contributed by atoms with Gasteiger partial charge in [0.1, 0.15) is 0 Å². The van der Waals surface area contributed by atoms with Crippen LogP contribution >= 0.6 is 0 Å². The van der Waals surface area contributed by atoms with Gasteiger partial charge in [-0.3, -0.25) is 0 Å². The minimum absolute atomic E-state index is 0.326. The van der Waals surface area contributed by atoms with E-state index < -0.39 is 0 Å². The molecule has 64 heavy (non-hydrogen) atoms. The lowest BCUT2D eigenvalue weighted by Gasteiger charge is -2.45. The smallest absolute Gasteiger partial charge is 0.0619 e. The Bertz CT molecular complexity index is 3710. The van der Waals surface area contributed by atoms with Crippen LogP contribution in [0.2, 0.25) is 0 Å². The number of hydrogen-bond donors (Lipinski definition) is 0. The van der Waals surface area contributed by atoms with Crippen LogP contribution in [0.3, 0.4) is 0 Å². The number of anilines is 3. The van der Waals surface area contributed by atoms with Gasteiger partial charge in [-0.05, 0) is 158 Å². The molecular weight excluding hydrogens is 773 g/mol. The monoisotopic (exact) mass is 818 g/mol. The zero-order valence-electron chi connectivity index (χ0n) is 35.7. The van der Waals surface area contributed by atoms with E-state index in [9.17, 15) is 0 Å². The lowest BCUT2D eigenvalue weighted by molar-refractivity contribution is 0.0381. The number of hydrogen-bond acceptors (Lipinski definition) is 1. The largest absolute Gasteiger partial charge is 0.310 e. The Balaban J connectivity index is 0.906. The van der Waals surface area contributed by atoms with Gasteiger partial charge in [0, 0.05) is 38.8 Å². The van der Waals surface area contributed by atoms with Crippen molar-refractivity contribution in [3.8, 4) is 16.8 Å². The first-order valence-electron chi connectivity index (χ1n) is 23.5. The SMILES string of the molecule is c1cc(N(c2ccc(-c3ccccc3-n3c4ccccc4c4ccc5ccccc5c43)cc2)c2ccc3c4ccccc4c4ccccc4c3c2)cc(C23C[C@@H]4CC5CC4(C2)[C@@H]5C3)c1. The minimum Gasteiger partial charge on any atom is -0.310 e. The average molecular weight is 819 g/mol. The summed E-state index contributed by atoms with van der Waals surface area (Å²) in [6, 6.07) is 75.5. The van der Waals surface area contributed by atoms with Gasteiger partial charge in [0.25, 0.3) is 0 Å². The fourth-order valence-corrected chi connectivity index (χ4v) is 14.6. The summed E-state index contributed by atoms with van der Waals surface area (Å²) in [5.74, 6) is 2.90. The highest BCUT2D eigenvalue weighted by Crippen LogP contribution is 2.83. The van der Waals surface area contributed by atoms with Crippen molar-refractivity contribution in [3.63, 3.8) is 0 Å². The summed E-state index contributed by atoms with van der Waals surface area (Å²) in [6.07, 6.45) is 7.16. The molecule has 3 bridgehead atoms. The summed E-state index contributed by atoms with van der Waals surface area (Å²) in [6.45, 7) is 0. The van der Waals surface area contributed by atoms with Crippen LogP contribution in [0.1, 0.15) is 37.7 Å². The first-order valence-corrected chi connectivity index (χ1v) is 23.5. The molecule has 16 rings (SSSR count). The van der Waals surface area contributed by atoms with Gasteiger partial charge in [-0.1, -0.05) is 152 Å². The van der Waals surface area contributed by atoms with E-state index in [0.717, 1.165) is 17.8 Å². The van der Waals surface area contributed by atoms with E-state index in [4.69, 9.17) is 0 Å². The first kappa shape index (κ1) is 35.3. The summed E-state index contributed by atoms with van der Waals surface area (Å²) >= 11 is 0. The van der Waals surface area contributed by atoms with Crippen molar-refractivity contribution in [3.05, 3.63) is 206 Å². The first-order chi connectivity index (χ1) is 31.6. The van der Waals surface area contributed by atoms with Crippen molar-refractivity contribution in [2.24, 2.45) is 23.2 Å². The number of nitrogens with zero attached hydrogens (tertiary/aromatic N) is 2. The highest BCUT2D eigenvalue weighted by Gasteiger charge is 2.76. The molecule has 5 saturated carbocycles. The second kappa shape index (κ2) is 12.7. The predicted octanol–water partition coefficient (Wildman–Crippen LogP) is 16.6. The van der Waals surface area contributed by atoms with Gasteiger partial charge in [-0.2, -0.15) is 0 Å². The van der Waals surface area contributed by atoms with Crippen LogP contribution in [0.15, 0.2) is 200 Å². The molecule has 0 aliphatic heterocycles. The van der Waals surface area contributed by atoms with Crippen molar-refractivity contribution in [1.29, 1.82) is 0 Å². The van der Waals surface area contributed by atoms with E-state index >= 15 is 0 Å². The standard InChI is InChI=1S/C62H46N2/c1-2-16-48-39(12-1)26-30-55-54-21-8-10-23-59(54)64(60(48)55)58-22-9-7-15-47(58)40-24-27-44(28-25-40)63(45-14-11-13-42(33-45)61-36-43-32-41-35-62(43,38-61)57(41)37-61)46-29-31-53-51-19-4-3-17-49(51)50-18-5-6-20-52(50)56(53)34-46/h1-31,33-34,41,43,57H,32,35-38H2/t41?,43-,57+,61?,62?/m0/s1. The summed E-state index contributed by atoms with van der Waals surface area (Å²) < 4.78 is 2.50. The third-order valence-corrected chi connectivity index (χ3v) is 17.1. The Hall–Kier alpha value is -7.16. The van der Waals surface area contributed by atoms with Gasteiger partial charge in [0.15, 0.2) is 0 Å². The molecule has 3 unspecified atom stereocenters. The number of rotatable bonds is 6. The van der Waals surface area contributed by atoms with Crippen molar-refractivity contribution >= 4 is 82.0 Å².